The highest BCUT2D eigenvalue weighted by Gasteiger charge is 2.27. The first-order valence-corrected chi connectivity index (χ1v) is 26.2. The molecule has 0 unspecified atom stereocenters. The normalized spacial score (nSPS) is 19.8. The van der Waals surface area contributed by atoms with Gasteiger partial charge in [-0.3, -0.25) is 4.98 Å². The number of fused-ring (bicyclic) bond motifs is 2. The maximum atomic E-state index is 8.54. The van der Waals surface area contributed by atoms with Gasteiger partial charge in [-0.05, 0) is 163 Å². The molecule has 4 saturated carbocycles. The molecule has 4 aromatic heterocycles. The van der Waals surface area contributed by atoms with Gasteiger partial charge in [0.05, 0.1) is 11.2 Å². The van der Waals surface area contributed by atoms with Gasteiger partial charge in [0.25, 0.3) is 0 Å². The quantitative estimate of drug-likeness (QED) is 0.0651. The molecule has 358 valence electrons. The number of allylic oxidation sites excluding steroid dienone is 5. The summed E-state index contributed by atoms with van der Waals surface area (Å²) in [7, 11) is -1.20. The van der Waals surface area contributed by atoms with Crippen LogP contribution in [0.2, 0.25) is 5.28 Å². The minimum Gasteiger partial charge on any atom is -0.423 e. The van der Waals surface area contributed by atoms with Crippen molar-refractivity contribution in [3.63, 3.8) is 0 Å². The minimum atomic E-state index is -1.20. The smallest absolute Gasteiger partial charge is 0.423 e. The Morgan fingerprint density at radius 2 is 1.28 bits per heavy atom. The van der Waals surface area contributed by atoms with Crippen molar-refractivity contribution in [2.24, 2.45) is 0 Å². The van der Waals surface area contributed by atoms with Crippen LogP contribution in [0.5, 0.6) is 0 Å². The molecule has 4 aromatic rings. The number of hydrogen-bond acceptors (Lipinski definition) is 13. The molecular weight excluding hydrogens is 857 g/mol. The summed E-state index contributed by atoms with van der Waals surface area (Å²) >= 11 is 5.92. The van der Waals surface area contributed by atoms with Gasteiger partial charge in [0.15, 0.2) is 17.5 Å². The standard InChI is InChI=1S/C18H27N3.C17H24N4.C12H13ClN4.C5H9BO2/c1-2-8-13(7-1)17-20-16-12-6-5-11-15(16)18(21-17)19-14-9-3-4-10-14;1-2-7-14-15(18)17(19-13-10-5-6-11-13)21-16(20-14)12-8-3-4-9-12;13-12-16-9-6-3-7-14-10(9)11(17-12)15-8-4-1-2-5-8;7-6(8)5-3-1-2-4-5/h13-14H,1-12H2,(H,19,20,21);2,7-8,13H,3-6,9-11,18H2,1H3,(H,19,20,21);3,6-8H,1-2,4-5H2,(H,15,16,17);3,7-8H,1-2,4H2/b;7-2-;;. The van der Waals surface area contributed by atoms with Gasteiger partial charge in [-0.2, -0.15) is 4.98 Å². The van der Waals surface area contributed by atoms with Crippen molar-refractivity contribution in [2.45, 2.75) is 198 Å². The molecule has 7 N–H and O–H groups in total. The SMILES string of the molecule is C/C=C\c1nc(C2=CCCC2)nc(NC2CCCC2)c1N.C1CCc2c(nc(C3CCCC3)nc2NC2CCCC2)C1.Clc1nc(NC2CCCC2)c2ncccc2n1.OB(O)C1=CCCC1. The zero-order chi connectivity index (χ0) is 46.4. The van der Waals surface area contributed by atoms with Crippen LogP contribution in [0.25, 0.3) is 22.7 Å². The molecule has 0 aliphatic heterocycles. The third-order valence-corrected chi connectivity index (χ3v) is 14.6. The molecular formula is C52H73BClN11O2. The Hall–Kier alpha value is -4.66. The van der Waals surface area contributed by atoms with Gasteiger partial charge in [-0.25, -0.2) is 24.9 Å². The topological polar surface area (TPSA) is 193 Å². The lowest BCUT2D eigenvalue weighted by atomic mass is 9.79. The lowest BCUT2D eigenvalue weighted by Gasteiger charge is -2.23. The summed E-state index contributed by atoms with van der Waals surface area (Å²) in [6.07, 6.45) is 41.8. The van der Waals surface area contributed by atoms with E-state index < -0.39 is 7.12 Å². The van der Waals surface area contributed by atoms with Gasteiger partial charge in [-0.15, -0.1) is 0 Å². The largest absolute Gasteiger partial charge is 0.483 e. The number of aromatic nitrogens is 7. The van der Waals surface area contributed by atoms with Crippen LogP contribution in [0, 0.1) is 0 Å². The number of aryl methyl sites for hydroxylation is 1. The lowest BCUT2D eigenvalue weighted by Crippen LogP contribution is -2.21. The Morgan fingerprint density at radius 1 is 0.657 bits per heavy atom. The first-order valence-electron chi connectivity index (χ1n) is 25.8. The number of halogens is 1. The molecule has 4 heterocycles. The van der Waals surface area contributed by atoms with Crippen LogP contribution in [-0.2, 0) is 12.8 Å². The summed E-state index contributed by atoms with van der Waals surface area (Å²) in [5.74, 6) is 5.39. The second-order valence-electron chi connectivity index (χ2n) is 19.5. The molecule has 15 heteroatoms. The fourth-order valence-corrected chi connectivity index (χ4v) is 10.9. The fourth-order valence-electron chi connectivity index (χ4n) is 10.8. The highest BCUT2D eigenvalue weighted by molar-refractivity contribution is 6.50. The number of anilines is 4. The number of nitrogens with zero attached hydrogens (tertiary/aromatic N) is 7. The van der Waals surface area contributed by atoms with Gasteiger partial charge in [0.1, 0.15) is 22.8 Å². The Balaban J connectivity index is 0.000000126. The summed E-state index contributed by atoms with van der Waals surface area (Å²) in [4.78, 5) is 32.1. The second-order valence-corrected chi connectivity index (χ2v) is 19.8. The maximum absolute atomic E-state index is 8.54. The van der Waals surface area contributed by atoms with Gasteiger partial charge in [0.2, 0.25) is 5.28 Å². The van der Waals surface area contributed by atoms with Crippen LogP contribution in [0.4, 0.5) is 23.1 Å². The van der Waals surface area contributed by atoms with Crippen molar-refractivity contribution in [1.29, 1.82) is 0 Å². The van der Waals surface area contributed by atoms with E-state index in [0.29, 0.717) is 29.7 Å². The molecule has 7 aliphatic carbocycles. The van der Waals surface area contributed by atoms with Crippen LogP contribution < -0.4 is 21.7 Å². The molecule has 0 saturated heterocycles. The van der Waals surface area contributed by atoms with E-state index in [1.54, 1.807) is 6.20 Å². The van der Waals surface area contributed by atoms with E-state index in [1.807, 2.05) is 37.3 Å². The molecule has 11 rings (SSSR count). The molecule has 0 aromatic carbocycles. The van der Waals surface area contributed by atoms with E-state index in [-0.39, 0.29) is 5.28 Å². The van der Waals surface area contributed by atoms with E-state index in [4.69, 9.17) is 42.3 Å². The van der Waals surface area contributed by atoms with Crippen LogP contribution >= 0.6 is 11.6 Å². The average molecular weight is 930 g/mol. The highest BCUT2D eigenvalue weighted by atomic mass is 35.5. The molecule has 0 radical (unpaired) electrons. The van der Waals surface area contributed by atoms with Crippen LogP contribution in [-0.4, -0.2) is 70.2 Å². The summed E-state index contributed by atoms with van der Waals surface area (Å²) in [6, 6.07) is 5.40. The zero-order valence-electron chi connectivity index (χ0n) is 39.8. The Bertz CT molecular complexity index is 2330. The summed E-state index contributed by atoms with van der Waals surface area (Å²) < 4.78 is 0. The Morgan fingerprint density at radius 3 is 1.90 bits per heavy atom. The molecule has 4 fully saturated rings. The van der Waals surface area contributed by atoms with E-state index in [1.165, 1.54) is 151 Å². The first-order chi connectivity index (χ1) is 32.8. The van der Waals surface area contributed by atoms with E-state index >= 15 is 0 Å². The summed E-state index contributed by atoms with van der Waals surface area (Å²) in [6.45, 7) is 1.99. The number of nitrogen functional groups attached to an aromatic ring is 1. The zero-order valence-corrected chi connectivity index (χ0v) is 40.5. The van der Waals surface area contributed by atoms with Gasteiger partial charge >= 0.3 is 7.12 Å². The van der Waals surface area contributed by atoms with E-state index in [0.717, 1.165) is 84.0 Å². The molecule has 13 nitrogen and oxygen atoms in total. The number of pyridine rings is 1. The predicted octanol–water partition coefficient (Wildman–Crippen LogP) is 11.5. The van der Waals surface area contributed by atoms with Crippen LogP contribution in [0.15, 0.2) is 42.0 Å². The molecule has 0 bridgehead atoms. The molecule has 0 spiro atoms. The van der Waals surface area contributed by atoms with Crippen molar-refractivity contribution < 1.29 is 10.0 Å². The second kappa shape index (κ2) is 24.6. The van der Waals surface area contributed by atoms with Crippen LogP contribution in [0.1, 0.15) is 196 Å². The first kappa shape index (κ1) is 48.8. The van der Waals surface area contributed by atoms with E-state index in [2.05, 4.69) is 42.0 Å². The van der Waals surface area contributed by atoms with Gasteiger partial charge in [0, 0.05) is 41.5 Å². The van der Waals surface area contributed by atoms with Crippen molar-refractivity contribution in [1.82, 2.24) is 34.9 Å². The number of nitrogens with two attached hydrogens (primary N) is 1. The maximum Gasteiger partial charge on any atom is 0.483 e. The molecule has 0 atom stereocenters. The monoisotopic (exact) mass is 930 g/mol. The average Bonchev–Trinajstić information content (AvgIpc) is 4.20. The summed E-state index contributed by atoms with van der Waals surface area (Å²) in [5.41, 5.74) is 14.2. The Kier molecular flexibility index (Phi) is 17.9. The highest BCUT2D eigenvalue weighted by Crippen LogP contribution is 2.36. The third kappa shape index (κ3) is 13.5. The van der Waals surface area contributed by atoms with Gasteiger partial charge in [-0.1, -0.05) is 69.6 Å². The van der Waals surface area contributed by atoms with Crippen molar-refractivity contribution >= 4 is 64.5 Å². The minimum absolute atomic E-state index is 0.269. The predicted molar refractivity (Wildman–Crippen MR) is 275 cm³/mol. The lowest BCUT2D eigenvalue weighted by molar-refractivity contribution is 0.417. The summed E-state index contributed by atoms with van der Waals surface area (Å²) in [5, 5.41) is 28.1. The van der Waals surface area contributed by atoms with Crippen molar-refractivity contribution in [3.8, 4) is 0 Å². The van der Waals surface area contributed by atoms with Crippen molar-refractivity contribution in [2.75, 3.05) is 21.7 Å². The number of hydrogen-bond donors (Lipinski definition) is 6. The number of nitrogens with one attached hydrogen (secondary N) is 3. The van der Waals surface area contributed by atoms with E-state index in [9.17, 15) is 0 Å². The molecule has 0 amide bonds. The third-order valence-electron chi connectivity index (χ3n) is 14.5. The fraction of sp³-hybridized carbons (Fsp3) is 0.596. The Labute approximate surface area is 403 Å². The molecule has 67 heavy (non-hydrogen) atoms. The van der Waals surface area contributed by atoms with Gasteiger partial charge < -0.3 is 31.7 Å². The number of rotatable bonds is 10. The molecule has 7 aliphatic rings. The van der Waals surface area contributed by atoms with Crippen LogP contribution in [0.3, 0.4) is 0 Å². The van der Waals surface area contributed by atoms with Crippen molar-refractivity contribution in [3.05, 3.63) is 75.9 Å².